The first-order chi connectivity index (χ1) is 12.7. The molecular weight excluding hydrogens is 526 g/mol. The molecule has 0 unspecified atom stereocenters. The van der Waals surface area contributed by atoms with E-state index >= 15 is 0 Å². The first-order valence-electron chi connectivity index (χ1n) is 7.13. The molecule has 0 aliphatic carbocycles. The topological polar surface area (TPSA) is 54.4 Å². The average Bonchev–Trinajstić information content (AvgIpc) is 2.53. The Labute approximate surface area is 171 Å². The van der Waals surface area contributed by atoms with E-state index in [2.05, 4.69) is 31.9 Å². The largest absolute Gasteiger partial charge is 0.478 e. The summed E-state index contributed by atoms with van der Waals surface area (Å²) in [6.07, 6.45) is -8.99. The standard InChI is InChI=1S/C9H6BrF3O.C8H4BrF3O2/c1-5(14)6-3-2-4-7(8(6)10)9(11,12)13;9-6-4(7(13)14)2-1-3-5(6)8(10,11)12/h2-4H,1H3;1-3H,(H,13,14). The summed E-state index contributed by atoms with van der Waals surface area (Å²) in [5.41, 5.74) is -2.18. The molecule has 1 N–H and O–H groups in total. The van der Waals surface area contributed by atoms with E-state index < -0.39 is 45.3 Å². The highest BCUT2D eigenvalue weighted by Gasteiger charge is 2.35. The molecule has 2 aromatic rings. The summed E-state index contributed by atoms with van der Waals surface area (Å²) in [6, 6.07) is 6.46. The Kier molecular flexibility index (Phi) is 7.83. The summed E-state index contributed by atoms with van der Waals surface area (Å²) in [7, 11) is 0. The fourth-order valence-corrected chi connectivity index (χ4v) is 3.37. The van der Waals surface area contributed by atoms with E-state index in [1.54, 1.807) is 0 Å². The van der Waals surface area contributed by atoms with Gasteiger partial charge in [0, 0.05) is 14.5 Å². The predicted molar refractivity (Wildman–Crippen MR) is 95.3 cm³/mol. The minimum atomic E-state index is -4.55. The third kappa shape index (κ3) is 6.06. The Bertz CT molecular complexity index is 818. The van der Waals surface area contributed by atoms with Gasteiger partial charge in [0.2, 0.25) is 0 Å². The molecule has 0 radical (unpaired) electrons. The van der Waals surface area contributed by atoms with Crippen LogP contribution in [0.4, 0.5) is 26.3 Å². The average molecular weight is 536 g/mol. The minimum absolute atomic E-state index is 0.0415. The normalized spacial score (nSPS) is 11.5. The Morgan fingerprint density at radius 3 is 1.46 bits per heavy atom. The molecule has 0 aliphatic rings. The van der Waals surface area contributed by atoms with Crippen LogP contribution in [0.25, 0.3) is 0 Å². The van der Waals surface area contributed by atoms with Gasteiger partial charge in [-0.05, 0) is 57.0 Å². The monoisotopic (exact) mass is 534 g/mol. The van der Waals surface area contributed by atoms with Gasteiger partial charge in [-0.15, -0.1) is 0 Å². The minimum Gasteiger partial charge on any atom is -0.478 e. The smallest absolute Gasteiger partial charge is 0.417 e. The molecule has 0 heterocycles. The maximum atomic E-state index is 12.4. The lowest BCUT2D eigenvalue weighted by atomic mass is 10.1. The number of halogens is 8. The number of benzene rings is 2. The van der Waals surface area contributed by atoms with Crippen molar-refractivity contribution in [1.82, 2.24) is 0 Å². The van der Waals surface area contributed by atoms with Crippen LogP contribution >= 0.6 is 31.9 Å². The number of carbonyl (C=O) groups excluding carboxylic acids is 1. The second-order valence-electron chi connectivity index (χ2n) is 5.19. The van der Waals surface area contributed by atoms with Crippen LogP contribution in [0.5, 0.6) is 0 Å². The summed E-state index contributed by atoms with van der Waals surface area (Å²) in [5.74, 6) is -1.80. The Hall–Kier alpha value is -1.88. The van der Waals surface area contributed by atoms with Crippen molar-refractivity contribution in [2.24, 2.45) is 0 Å². The first kappa shape index (κ1) is 24.2. The highest BCUT2D eigenvalue weighted by Crippen LogP contribution is 2.37. The molecular formula is C17H10Br2F6O3. The zero-order valence-electron chi connectivity index (χ0n) is 13.8. The van der Waals surface area contributed by atoms with Crippen molar-refractivity contribution in [2.75, 3.05) is 0 Å². The number of carboxylic acids is 1. The van der Waals surface area contributed by atoms with E-state index in [1.165, 1.54) is 19.1 Å². The van der Waals surface area contributed by atoms with Crippen molar-refractivity contribution in [1.29, 1.82) is 0 Å². The molecule has 0 aliphatic heterocycles. The van der Waals surface area contributed by atoms with Crippen LogP contribution in [0.15, 0.2) is 45.3 Å². The van der Waals surface area contributed by atoms with E-state index in [0.717, 1.165) is 24.3 Å². The van der Waals surface area contributed by atoms with Crippen LogP contribution in [-0.4, -0.2) is 16.9 Å². The Morgan fingerprint density at radius 1 is 0.786 bits per heavy atom. The van der Waals surface area contributed by atoms with Gasteiger partial charge < -0.3 is 5.11 Å². The third-order valence-electron chi connectivity index (χ3n) is 3.22. The predicted octanol–water partition coefficient (Wildman–Crippen LogP) is 6.84. The molecule has 3 nitrogen and oxygen atoms in total. The van der Waals surface area contributed by atoms with Crippen LogP contribution in [0.1, 0.15) is 38.8 Å². The number of Topliss-reactive ketones (excluding diaryl/α,β-unsaturated/α-hetero) is 1. The molecule has 28 heavy (non-hydrogen) atoms. The first-order valence-corrected chi connectivity index (χ1v) is 8.72. The molecule has 0 saturated carbocycles. The van der Waals surface area contributed by atoms with Gasteiger partial charge in [0.15, 0.2) is 5.78 Å². The molecule has 0 bridgehead atoms. The Morgan fingerprint density at radius 2 is 1.14 bits per heavy atom. The number of carbonyl (C=O) groups is 2. The quantitative estimate of drug-likeness (QED) is 0.338. The lowest BCUT2D eigenvalue weighted by Gasteiger charge is -2.10. The number of hydrogen-bond acceptors (Lipinski definition) is 2. The van der Waals surface area contributed by atoms with Gasteiger partial charge in [-0.25, -0.2) is 4.79 Å². The molecule has 2 rings (SSSR count). The molecule has 11 heteroatoms. The van der Waals surface area contributed by atoms with E-state index in [4.69, 9.17) is 5.11 Å². The zero-order chi connectivity index (χ0) is 21.9. The van der Waals surface area contributed by atoms with Gasteiger partial charge in [0.1, 0.15) is 0 Å². The summed E-state index contributed by atoms with van der Waals surface area (Å²) < 4.78 is 73.2. The van der Waals surface area contributed by atoms with E-state index in [1.807, 2.05) is 0 Å². The lowest BCUT2D eigenvalue weighted by Crippen LogP contribution is -2.09. The van der Waals surface area contributed by atoms with Crippen molar-refractivity contribution in [3.8, 4) is 0 Å². The molecule has 0 amide bonds. The fourth-order valence-electron chi connectivity index (χ4n) is 1.94. The number of alkyl halides is 6. The molecule has 0 fully saturated rings. The van der Waals surface area contributed by atoms with Crippen LogP contribution < -0.4 is 0 Å². The number of carboxylic acid groups (broad SMARTS) is 1. The Balaban J connectivity index is 0.000000280. The lowest BCUT2D eigenvalue weighted by molar-refractivity contribution is -0.139. The second-order valence-corrected chi connectivity index (χ2v) is 6.78. The van der Waals surface area contributed by atoms with Gasteiger partial charge in [-0.3, -0.25) is 4.79 Å². The van der Waals surface area contributed by atoms with Gasteiger partial charge >= 0.3 is 18.3 Å². The summed E-state index contributed by atoms with van der Waals surface area (Å²) in [6.45, 7) is 1.22. The van der Waals surface area contributed by atoms with E-state index in [0.29, 0.717) is 0 Å². The highest BCUT2D eigenvalue weighted by atomic mass is 79.9. The van der Waals surface area contributed by atoms with E-state index in [-0.39, 0.29) is 10.0 Å². The highest BCUT2D eigenvalue weighted by molar-refractivity contribution is 9.11. The third-order valence-corrected chi connectivity index (χ3v) is 4.93. The van der Waals surface area contributed by atoms with Crippen molar-refractivity contribution in [2.45, 2.75) is 19.3 Å². The maximum Gasteiger partial charge on any atom is 0.417 e. The van der Waals surface area contributed by atoms with Crippen LogP contribution in [0.2, 0.25) is 0 Å². The summed E-state index contributed by atoms with van der Waals surface area (Å²) >= 11 is 5.39. The number of aromatic carboxylic acids is 1. The molecule has 0 saturated heterocycles. The number of rotatable bonds is 2. The maximum absolute atomic E-state index is 12.4. The van der Waals surface area contributed by atoms with E-state index in [9.17, 15) is 35.9 Å². The van der Waals surface area contributed by atoms with Crippen LogP contribution in [-0.2, 0) is 12.4 Å². The summed E-state index contributed by atoms with van der Waals surface area (Å²) in [5, 5.41) is 8.56. The molecule has 2 aromatic carbocycles. The van der Waals surface area contributed by atoms with Crippen molar-refractivity contribution >= 4 is 43.6 Å². The summed E-state index contributed by atoms with van der Waals surface area (Å²) in [4.78, 5) is 21.5. The van der Waals surface area contributed by atoms with Gasteiger partial charge in [0.25, 0.3) is 0 Å². The number of hydrogen-bond donors (Lipinski definition) is 1. The second kappa shape index (κ2) is 9.08. The van der Waals surface area contributed by atoms with Crippen molar-refractivity contribution < 1.29 is 41.0 Å². The molecule has 0 aromatic heterocycles. The van der Waals surface area contributed by atoms with Crippen molar-refractivity contribution in [3.63, 3.8) is 0 Å². The zero-order valence-corrected chi connectivity index (χ0v) is 16.9. The van der Waals surface area contributed by atoms with Crippen molar-refractivity contribution in [3.05, 3.63) is 67.6 Å². The van der Waals surface area contributed by atoms with Gasteiger partial charge in [-0.1, -0.05) is 18.2 Å². The van der Waals surface area contributed by atoms with Gasteiger partial charge in [0.05, 0.1) is 16.7 Å². The molecule has 152 valence electrons. The van der Waals surface area contributed by atoms with Crippen LogP contribution in [0, 0.1) is 0 Å². The SMILES string of the molecule is CC(=O)c1cccc(C(F)(F)F)c1Br.O=C(O)c1cccc(C(F)(F)F)c1Br. The fraction of sp³-hybridized carbons (Fsp3) is 0.176. The molecule has 0 spiro atoms. The number of ketones is 1. The molecule has 0 atom stereocenters. The van der Waals surface area contributed by atoms with Gasteiger partial charge in [-0.2, -0.15) is 26.3 Å². The van der Waals surface area contributed by atoms with Crippen LogP contribution in [0.3, 0.4) is 0 Å².